The van der Waals surface area contributed by atoms with E-state index in [1.807, 2.05) is 18.7 Å². The van der Waals surface area contributed by atoms with E-state index in [0.29, 0.717) is 13.1 Å². The van der Waals surface area contributed by atoms with Crippen molar-refractivity contribution in [1.29, 1.82) is 0 Å². The van der Waals surface area contributed by atoms with Crippen molar-refractivity contribution in [1.82, 2.24) is 14.8 Å². The first-order chi connectivity index (χ1) is 11.5. The van der Waals surface area contributed by atoms with E-state index in [1.165, 1.54) is 30.6 Å². The molecule has 0 radical (unpaired) electrons. The van der Waals surface area contributed by atoms with Gasteiger partial charge in [-0.3, -0.25) is 9.59 Å². The molecule has 6 heteroatoms. The van der Waals surface area contributed by atoms with Gasteiger partial charge in [0.1, 0.15) is 4.88 Å². The summed E-state index contributed by atoms with van der Waals surface area (Å²) in [5, 5.41) is 0. The molecule has 2 amide bonds. The first-order valence-corrected chi connectivity index (χ1v) is 9.86. The molecule has 1 aliphatic heterocycles. The number of thiazole rings is 1. The van der Waals surface area contributed by atoms with Crippen molar-refractivity contribution in [2.24, 2.45) is 0 Å². The molecule has 0 N–H and O–H groups in total. The van der Waals surface area contributed by atoms with E-state index < -0.39 is 0 Å². The Kier molecular flexibility index (Phi) is 4.95. The standard InChI is InChI=1S/C18H27N3O2S/c1-4-20(17(23)16-13(2)19-12-24-16)15-10-18(8-6-5-7-9-18)21(11-15)14(3)22/h12,15H,4-11H2,1-3H3/t15-/m0/s1. The van der Waals surface area contributed by atoms with Crippen LogP contribution in [0.2, 0.25) is 0 Å². The lowest BCUT2D eigenvalue weighted by molar-refractivity contribution is -0.134. The summed E-state index contributed by atoms with van der Waals surface area (Å²) in [4.78, 5) is 34.2. The molecule has 1 aromatic rings. The summed E-state index contributed by atoms with van der Waals surface area (Å²) in [7, 11) is 0. The zero-order valence-electron chi connectivity index (χ0n) is 14.9. The summed E-state index contributed by atoms with van der Waals surface area (Å²) in [6, 6.07) is 0.117. The normalized spacial score (nSPS) is 22.8. The summed E-state index contributed by atoms with van der Waals surface area (Å²) in [5.74, 6) is 0.218. The first kappa shape index (κ1) is 17.4. The van der Waals surface area contributed by atoms with Crippen LogP contribution in [0, 0.1) is 6.92 Å². The highest BCUT2D eigenvalue weighted by atomic mass is 32.1. The first-order valence-electron chi connectivity index (χ1n) is 8.98. The fraction of sp³-hybridized carbons (Fsp3) is 0.722. The molecule has 0 aromatic carbocycles. The minimum absolute atomic E-state index is 0.0226. The summed E-state index contributed by atoms with van der Waals surface area (Å²) >= 11 is 1.41. The Labute approximate surface area is 148 Å². The lowest BCUT2D eigenvalue weighted by atomic mass is 9.79. The lowest BCUT2D eigenvalue weighted by Crippen LogP contribution is -2.47. The van der Waals surface area contributed by atoms with E-state index >= 15 is 0 Å². The number of amides is 2. The molecule has 24 heavy (non-hydrogen) atoms. The molecular formula is C18H27N3O2S. The number of aryl methyl sites for hydroxylation is 1. The quantitative estimate of drug-likeness (QED) is 0.842. The Morgan fingerprint density at radius 2 is 2.08 bits per heavy atom. The van der Waals surface area contributed by atoms with Gasteiger partial charge >= 0.3 is 0 Å². The molecule has 3 rings (SSSR count). The van der Waals surface area contributed by atoms with Gasteiger partial charge in [0.2, 0.25) is 5.91 Å². The highest BCUT2D eigenvalue weighted by Crippen LogP contribution is 2.43. The van der Waals surface area contributed by atoms with Crippen LogP contribution in [0.4, 0.5) is 0 Å². The van der Waals surface area contributed by atoms with Gasteiger partial charge < -0.3 is 9.80 Å². The Bertz CT molecular complexity index is 622. The molecule has 1 saturated heterocycles. The third-order valence-corrected chi connectivity index (χ3v) is 6.64. The Hall–Kier alpha value is -1.43. The molecule has 132 valence electrons. The molecule has 0 bridgehead atoms. The molecule has 5 nitrogen and oxygen atoms in total. The van der Waals surface area contributed by atoms with Crippen molar-refractivity contribution in [3.05, 3.63) is 16.1 Å². The van der Waals surface area contributed by atoms with Crippen LogP contribution in [0.3, 0.4) is 0 Å². The van der Waals surface area contributed by atoms with Gasteiger partial charge in [0, 0.05) is 25.6 Å². The molecule has 2 fully saturated rings. The third kappa shape index (κ3) is 2.96. The second-order valence-corrected chi connectivity index (χ2v) is 7.99. The number of hydrogen-bond donors (Lipinski definition) is 0. The van der Waals surface area contributed by atoms with Crippen LogP contribution in [0.15, 0.2) is 5.51 Å². The molecule has 2 aliphatic rings. The van der Waals surface area contributed by atoms with Crippen molar-refractivity contribution >= 4 is 23.2 Å². The van der Waals surface area contributed by atoms with Gasteiger partial charge in [-0.25, -0.2) is 4.98 Å². The summed E-state index contributed by atoms with van der Waals surface area (Å²) in [6.07, 6.45) is 6.70. The second kappa shape index (κ2) is 6.82. The fourth-order valence-corrected chi connectivity index (χ4v) is 5.34. The molecule has 1 atom stereocenters. The number of aromatic nitrogens is 1. The number of hydrogen-bond acceptors (Lipinski definition) is 4. The molecule has 2 heterocycles. The number of carbonyl (C=O) groups is 2. The van der Waals surface area contributed by atoms with Crippen LogP contribution < -0.4 is 0 Å². The molecule has 0 unspecified atom stereocenters. The van der Waals surface area contributed by atoms with Gasteiger partial charge in [-0.2, -0.15) is 0 Å². The molecule has 1 spiro atoms. The van der Waals surface area contributed by atoms with Crippen LogP contribution in [0.1, 0.15) is 67.7 Å². The SMILES string of the molecule is CCN(C(=O)c1scnc1C)[C@@H]1CN(C(C)=O)C2(CCCCC2)C1. The van der Waals surface area contributed by atoms with E-state index in [2.05, 4.69) is 9.88 Å². The summed E-state index contributed by atoms with van der Waals surface area (Å²) in [6.45, 7) is 6.93. The van der Waals surface area contributed by atoms with E-state index in [-0.39, 0.29) is 23.4 Å². The fourth-order valence-electron chi connectivity index (χ4n) is 4.58. The van der Waals surface area contributed by atoms with Gasteiger partial charge in [0.05, 0.1) is 17.2 Å². The van der Waals surface area contributed by atoms with E-state index in [1.54, 1.807) is 12.4 Å². The Morgan fingerprint density at radius 3 is 2.62 bits per heavy atom. The van der Waals surface area contributed by atoms with E-state index in [0.717, 1.165) is 29.8 Å². The van der Waals surface area contributed by atoms with Crippen LogP contribution in [-0.4, -0.2) is 51.3 Å². The predicted molar refractivity (Wildman–Crippen MR) is 95.2 cm³/mol. The smallest absolute Gasteiger partial charge is 0.266 e. The molecule has 1 aromatic heterocycles. The zero-order chi connectivity index (χ0) is 17.3. The van der Waals surface area contributed by atoms with Crippen molar-refractivity contribution in [2.75, 3.05) is 13.1 Å². The van der Waals surface area contributed by atoms with Crippen LogP contribution in [-0.2, 0) is 4.79 Å². The minimum atomic E-state index is -0.0226. The van der Waals surface area contributed by atoms with Crippen molar-refractivity contribution < 1.29 is 9.59 Å². The van der Waals surface area contributed by atoms with Crippen molar-refractivity contribution in [2.45, 2.75) is 70.9 Å². The third-order valence-electron chi connectivity index (χ3n) is 5.73. The van der Waals surface area contributed by atoms with Crippen molar-refractivity contribution in [3.63, 3.8) is 0 Å². The highest BCUT2D eigenvalue weighted by Gasteiger charge is 2.49. The maximum atomic E-state index is 13.0. The number of rotatable bonds is 3. The number of likely N-dealkylation sites (N-methyl/N-ethyl adjacent to an activating group) is 1. The second-order valence-electron chi connectivity index (χ2n) is 7.13. The average molecular weight is 350 g/mol. The monoisotopic (exact) mass is 349 g/mol. The number of nitrogens with zero attached hydrogens (tertiary/aromatic N) is 3. The number of likely N-dealkylation sites (tertiary alicyclic amines) is 1. The highest BCUT2D eigenvalue weighted by molar-refractivity contribution is 7.11. The van der Waals surface area contributed by atoms with E-state index in [9.17, 15) is 9.59 Å². The number of carbonyl (C=O) groups excluding carboxylic acids is 2. The predicted octanol–water partition coefficient (Wildman–Crippen LogP) is 3.24. The van der Waals surface area contributed by atoms with Crippen LogP contribution >= 0.6 is 11.3 Å². The van der Waals surface area contributed by atoms with Gasteiger partial charge in [0.25, 0.3) is 5.91 Å². The largest absolute Gasteiger partial charge is 0.335 e. The van der Waals surface area contributed by atoms with Crippen molar-refractivity contribution in [3.8, 4) is 0 Å². The Balaban J connectivity index is 1.84. The van der Waals surface area contributed by atoms with Gasteiger partial charge in [-0.1, -0.05) is 19.3 Å². The van der Waals surface area contributed by atoms with E-state index in [4.69, 9.17) is 0 Å². The molecule has 1 saturated carbocycles. The zero-order valence-corrected chi connectivity index (χ0v) is 15.7. The maximum absolute atomic E-state index is 13.0. The lowest BCUT2D eigenvalue weighted by Gasteiger charge is -2.41. The maximum Gasteiger partial charge on any atom is 0.266 e. The summed E-state index contributed by atoms with van der Waals surface area (Å²) in [5.41, 5.74) is 2.51. The van der Waals surface area contributed by atoms with Crippen LogP contribution in [0.5, 0.6) is 0 Å². The minimum Gasteiger partial charge on any atom is -0.335 e. The average Bonchev–Trinajstić information content (AvgIpc) is 3.13. The Morgan fingerprint density at radius 1 is 1.38 bits per heavy atom. The topological polar surface area (TPSA) is 53.5 Å². The molecule has 1 aliphatic carbocycles. The van der Waals surface area contributed by atoms with Gasteiger partial charge in [-0.05, 0) is 33.1 Å². The molecular weight excluding hydrogens is 322 g/mol. The van der Waals surface area contributed by atoms with Gasteiger partial charge in [0.15, 0.2) is 0 Å². The van der Waals surface area contributed by atoms with Crippen LogP contribution in [0.25, 0.3) is 0 Å². The summed E-state index contributed by atoms with van der Waals surface area (Å²) < 4.78 is 0. The van der Waals surface area contributed by atoms with Gasteiger partial charge in [-0.15, -0.1) is 11.3 Å².